The van der Waals surface area contributed by atoms with Gasteiger partial charge in [-0.05, 0) is 49.2 Å². The smallest absolute Gasteiger partial charge is 0.156 e. The first kappa shape index (κ1) is 12.6. The Bertz CT molecular complexity index is 403. The second-order valence-corrected chi connectivity index (χ2v) is 6.48. The van der Waals surface area contributed by atoms with Gasteiger partial charge in [0.2, 0.25) is 0 Å². The van der Waals surface area contributed by atoms with Crippen molar-refractivity contribution in [2.75, 3.05) is 0 Å². The van der Waals surface area contributed by atoms with Gasteiger partial charge in [0.25, 0.3) is 0 Å². The van der Waals surface area contributed by atoms with Gasteiger partial charge in [0, 0.05) is 6.42 Å². The molecule has 0 spiro atoms. The molecule has 2 aliphatic carbocycles. The van der Waals surface area contributed by atoms with Crippen LogP contribution >= 0.6 is 0 Å². The Morgan fingerprint density at radius 2 is 2.24 bits per heavy atom. The molecule has 0 aromatic carbocycles. The number of carbonyl (C=O) groups is 1. The van der Waals surface area contributed by atoms with Gasteiger partial charge in [-0.15, -0.1) is 6.58 Å². The van der Waals surface area contributed by atoms with Gasteiger partial charge >= 0.3 is 0 Å². The molecule has 0 amide bonds. The molecule has 1 N–H and O–H groups in total. The van der Waals surface area contributed by atoms with Crippen molar-refractivity contribution in [3.63, 3.8) is 0 Å². The Hall–Kier alpha value is -0.890. The fourth-order valence-electron chi connectivity index (χ4n) is 3.43. The van der Waals surface area contributed by atoms with Gasteiger partial charge < -0.3 is 5.11 Å². The van der Waals surface area contributed by atoms with E-state index in [2.05, 4.69) is 20.4 Å². The van der Waals surface area contributed by atoms with Crippen LogP contribution in [0.5, 0.6) is 0 Å². The van der Waals surface area contributed by atoms with E-state index in [4.69, 9.17) is 0 Å². The second kappa shape index (κ2) is 3.81. The summed E-state index contributed by atoms with van der Waals surface area (Å²) in [6.45, 7) is 10.2. The third-order valence-electron chi connectivity index (χ3n) is 4.29. The molecular weight excluding hydrogens is 212 g/mol. The van der Waals surface area contributed by atoms with Crippen LogP contribution < -0.4 is 0 Å². The van der Waals surface area contributed by atoms with Crippen LogP contribution in [0.25, 0.3) is 0 Å². The van der Waals surface area contributed by atoms with Crippen molar-refractivity contribution in [2.45, 2.75) is 52.1 Å². The summed E-state index contributed by atoms with van der Waals surface area (Å²) < 4.78 is 0. The first-order chi connectivity index (χ1) is 7.74. The van der Waals surface area contributed by atoms with Crippen LogP contribution in [0.1, 0.15) is 46.5 Å². The van der Waals surface area contributed by atoms with Gasteiger partial charge in [0.05, 0.1) is 5.60 Å². The molecule has 0 unspecified atom stereocenters. The van der Waals surface area contributed by atoms with Crippen molar-refractivity contribution in [1.82, 2.24) is 0 Å². The molecule has 1 fully saturated rings. The van der Waals surface area contributed by atoms with Crippen molar-refractivity contribution in [3.8, 4) is 0 Å². The van der Waals surface area contributed by atoms with E-state index in [1.54, 1.807) is 6.08 Å². The minimum Gasteiger partial charge on any atom is -0.385 e. The molecule has 94 valence electrons. The summed E-state index contributed by atoms with van der Waals surface area (Å²) in [5.41, 5.74) is 1.32. The van der Waals surface area contributed by atoms with E-state index in [0.29, 0.717) is 12.8 Å². The van der Waals surface area contributed by atoms with Crippen molar-refractivity contribution in [2.24, 2.45) is 11.3 Å². The first-order valence-corrected chi connectivity index (χ1v) is 6.36. The SMILES string of the molecule is C=C(C)CC[C@@]1(O)CC(C)(C)[C@@H]2CC(=O)C=C21. The lowest BCUT2D eigenvalue weighted by Gasteiger charge is -2.26. The lowest BCUT2D eigenvalue weighted by Crippen LogP contribution is -2.28. The summed E-state index contributed by atoms with van der Waals surface area (Å²) >= 11 is 0. The third kappa shape index (κ3) is 2.11. The van der Waals surface area contributed by atoms with Gasteiger partial charge in [0.15, 0.2) is 5.78 Å². The molecule has 0 bridgehead atoms. The number of aliphatic hydroxyl groups is 1. The summed E-state index contributed by atoms with van der Waals surface area (Å²) in [4.78, 5) is 11.6. The molecule has 0 heterocycles. The third-order valence-corrected chi connectivity index (χ3v) is 4.29. The zero-order valence-corrected chi connectivity index (χ0v) is 11.0. The van der Waals surface area contributed by atoms with Gasteiger partial charge in [-0.2, -0.15) is 0 Å². The van der Waals surface area contributed by atoms with Crippen LogP contribution in [0.4, 0.5) is 0 Å². The molecule has 2 heteroatoms. The molecule has 2 rings (SSSR count). The molecule has 1 saturated carbocycles. The summed E-state index contributed by atoms with van der Waals surface area (Å²) in [6.07, 6.45) is 4.55. The number of rotatable bonds is 3. The minimum atomic E-state index is -0.778. The highest BCUT2D eigenvalue weighted by Gasteiger charge is 2.54. The summed E-state index contributed by atoms with van der Waals surface area (Å²) in [5.74, 6) is 0.414. The average Bonchev–Trinajstić information content (AvgIpc) is 2.64. The monoisotopic (exact) mass is 234 g/mol. The van der Waals surface area contributed by atoms with E-state index >= 15 is 0 Å². The number of ketones is 1. The highest BCUT2D eigenvalue weighted by atomic mass is 16.3. The van der Waals surface area contributed by atoms with Crippen molar-refractivity contribution in [1.29, 1.82) is 0 Å². The Balaban J connectivity index is 2.26. The molecular formula is C15H22O2. The van der Waals surface area contributed by atoms with Gasteiger partial charge in [0.1, 0.15) is 0 Å². The second-order valence-electron chi connectivity index (χ2n) is 6.48. The Morgan fingerprint density at radius 1 is 1.59 bits per heavy atom. The quantitative estimate of drug-likeness (QED) is 0.762. The van der Waals surface area contributed by atoms with Crippen LogP contribution in [-0.4, -0.2) is 16.5 Å². The number of fused-ring (bicyclic) bond motifs is 1. The molecule has 2 nitrogen and oxygen atoms in total. The maximum Gasteiger partial charge on any atom is 0.156 e. The lowest BCUT2D eigenvalue weighted by molar-refractivity contribution is -0.115. The molecule has 0 aliphatic heterocycles. The number of carbonyl (C=O) groups excluding carboxylic acids is 1. The molecule has 0 aromatic heterocycles. The maximum atomic E-state index is 11.6. The number of hydrogen-bond donors (Lipinski definition) is 1. The zero-order valence-electron chi connectivity index (χ0n) is 11.0. The standard InChI is InChI=1S/C15H22O2/c1-10(2)5-6-15(17)9-14(3,4)12-7-11(16)8-13(12)15/h8,12,17H,1,5-7,9H2,2-4H3/t12-,15-/m1/s1. The Labute approximate surface area is 103 Å². The van der Waals surface area contributed by atoms with Crippen LogP contribution in [-0.2, 0) is 4.79 Å². The normalized spacial score (nSPS) is 34.7. The number of hydrogen-bond acceptors (Lipinski definition) is 2. The summed E-state index contributed by atoms with van der Waals surface area (Å²) in [6, 6.07) is 0. The first-order valence-electron chi connectivity index (χ1n) is 6.36. The Kier molecular flexibility index (Phi) is 2.81. The topological polar surface area (TPSA) is 37.3 Å². The van der Waals surface area contributed by atoms with Gasteiger partial charge in [-0.1, -0.05) is 19.4 Å². The molecule has 2 aliphatic rings. The minimum absolute atomic E-state index is 0.0296. The predicted molar refractivity (Wildman–Crippen MR) is 68.6 cm³/mol. The summed E-state index contributed by atoms with van der Waals surface area (Å²) in [7, 11) is 0. The van der Waals surface area contributed by atoms with E-state index in [1.807, 2.05) is 6.92 Å². The molecule has 17 heavy (non-hydrogen) atoms. The van der Waals surface area contributed by atoms with E-state index in [1.165, 1.54) is 0 Å². The largest absolute Gasteiger partial charge is 0.385 e. The fourth-order valence-corrected chi connectivity index (χ4v) is 3.43. The lowest BCUT2D eigenvalue weighted by atomic mass is 9.80. The molecule has 0 radical (unpaired) electrons. The molecule has 0 aromatic rings. The van der Waals surface area contributed by atoms with E-state index in [-0.39, 0.29) is 17.1 Å². The van der Waals surface area contributed by atoms with Crippen LogP contribution in [0, 0.1) is 11.3 Å². The number of allylic oxidation sites excluding steroid dienone is 2. The fraction of sp³-hybridized carbons (Fsp3) is 0.667. The highest BCUT2D eigenvalue weighted by molar-refractivity contribution is 5.94. The molecule has 0 saturated heterocycles. The highest BCUT2D eigenvalue weighted by Crippen LogP contribution is 2.57. The predicted octanol–water partition coefficient (Wildman–Crippen LogP) is 3.02. The van der Waals surface area contributed by atoms with Crippen LogP contribution in [0.3, 0.4) is 0 Å². The van der Waals surface area contributed by atoms with Crippen LogP contribution in [0.15, 0.2) is 23.8 Å². The van der Waals surface area contributed by atoms with Crippen molar-refractivity contribution < 1.29 is 9.90 Å². The van der Waals surface area contributed by atoms with Gasteiger partial charge in [-0.25, -0.2) is 0 Å². The molecule has 2 atom stereocenters. The zero-order chi connectivity index (χ0) is 12.8. The van der Waals surface area contributed by atoms with E-state index < -0.39 is 5.60 Å². The Morgan fingerprint density at radius 3 is 2.82 bits per heavy atom. The van der Waals surface area contributed by atoms with Gasteiger partial charge in [-0.3, -0.25) is 4.79 Å². The van der Waals surface area contributed by atoms with E-state index in [0.717, 1.165) is 24.0 Å². The maximum absolute atomic E-state index is 11.6. The average molecular weight is 234 g/mol. The van der Waals surface area contributed by atoms with Crippen molar-refractivity contribution >= 4 is 5.78 Å². The van der Waals surface area contributed by atoms with E-state index in [9.17, 15) is 9.90 Å². The summed E-state index contributed by atoms with van der Waals surface area (Å²) in [5, 5.41) is 10.8. The van der Waals surface area contributed by atoms with Crippen LogP contribution in [0.2, 0.25) is 0 Å². The van der Waals surface area contributed by atoms with Crippen molar-refractivity contribution in [3.05, 3.63) is 23.8 Å².